The molecule has 0 amide bonds. The second-order valence-electron chi connectivity index (χ2n) is 4.88. The van der Waals surface area contributed by atoms with Crippen molar-refractivity contribution in [1.82, 2.24) is 25.1 Å². The van der Waals surface area contributed by atoms with Gasteiger partial charge in [-0.05, 0) is 36.1 Å². The lowest BCUT2D eigenvalue weighted by molar-refractivity contribution is 0.198. The molecule has 2 aliphatic rings. The Morgan fingerprint density at radius 2 is 1.88 bits per heavy atom. The fraction of sp³-hybridized carbons (Fsp3) is 0.900. The van der Waals surface area contributed by atoms with Gasteiger partial charge in [0.05, 0.1) is 12.6 Å². The monoisotopic (exact) mass is 258 g/mol. The zero-order chi connectivity index (χ0) is 11.0. The zero-order valence-corrected chi connectivity index (χ0v) is 10.6. The van der Waals surface area contributed by atoms with E-state index in [2.05, 4.69) is 20.4 Å². The molecule has 1 saturated carbocycles. The summed E-state index contributed by atoms with van der Waals surface area (Å²) in [6, 6.07) is 0.952. The van der Waals surface area contributed by atoms with Crippen LogP contribution in [0, 0.1) is 0 Å². The highest BCUT2D eigenvalue weighted by Crippen LogP contribution is 2.34. The fourth-order valence-electron chi connectivity index (χ4n) is 2.23. The summed E-state index contributed by atoms with van der Waals surface area (Å²) in [5.74, 6) is 1.01. The molecule has 1 saturated heterocycles. The molecule has 1 aromatic rings. The van der Waals surface area contributed by atoms with Gasteiger partial charge in [-0.1, -0.05) is 0 Å². The van der Waals surface area contributed by atoms with Gasteiger partial charge in [-0.3, -0.25) is 4.90 Å². The number of likely N-dealkylation sites (tertiary alicyclic amines) is 1. The highest BCUT2D eigenvalue weighted by atomic mass is 35.5. The Hall–Kier alpha value is -0.720. The molecule has 0 atom stereocenters. The minimum atomic E-state index is 0. The number of rotatable bonds is 3. The fourth-order valence-corrected chi connectivity index (χ4v) is 2.23. The molecule has 2 N–H and O–H groups in total. The topological polar surface area (TPSA) is 72.9 Å². The first kappa shape index (κ1) is 12.7. The average Bonchev–Trinajstić information content (AvgIpc) is 3.03. The van der Waals surface area contributed by atoms with Crippen LogP contribution in [0.4, 0.5) is 0 Å². The Labute approximate surface area is 107 Å². The van der Waals surface area contributed by atoms with Crippen LogP contribution < -0.4 is 5.73 Å². The van der Waals surface area contributed by atoms with E-state index in [0.717, 1.165) is 38.3 Å². The summed E-state index contributed by atoms with van der Waals surface area (Å²) in [5, 5.41) is 12.0. The first-order valence-electron chi connectivity index (χ1n) is 6.07. The van der Waals surface area contributed by atoms with Gasteiger partial charge in [-0.15, -0.1) is 17.5 Å². The molecule has 6 nitrogen and oxygen atoms in total. The Morgan fingerprint density at radius 3 is 2.53 bits per heavy atom. The molecule has 2 heterocycles. The summed E-state index contributed by atoms with van der Waals surface area (Å²) >= 11 is 0. The molecule has 7 heteroatoms. The van der Waals surface area contributed by atoms with Gasteiger partial charge < -0.3 is 5.73 Å². The van der Waals surface area contributed by atoms with Crippen LogP contribution in [0.15, 0.2) is 0 Å². The van der Waals surface area contributed by atoms with Crippen molar-refractivity contribution in [3.05, 3.63) is 5.82 Å². The average molecular weight is 259 g/mol. The van der Waals surface area contributed by atoms with Gasteiger partial charge in [0.2, 0.25) is 0 Å². The van der Waals surface area contributed by atoms with E-state index in [-0.39, 0.29) is 12.4 Å². The van der Waals surface area contributed by atoms with Crippen molar-refractivity contribution in [2.45, 2.75) is 44.3 Å². The third kappa shape index (κ3) is 2.94. The van der Waals surface area contributed by atoms with Crippen LogP contribution in [0.25, 0.3) is 0 Å². The quantitative estimate of drug-likeness (QED) is 0.847. The van der Waals surface area contributed by atoms with Gasteiger partial charge in [0, 0.05) is 19.1 Å². The molecule has 17 heavy (non-hydrogen) atoms. The van der Waals surface area contributed by atoms with Crippen molar-refractivity contribution in [2.24, 2.45) is 5.73 Å². The van der Waals surface area contributed by atoms with E-state index < -0.39 is 0 Å². The summed E-state index contributed by atoms with van der Waals surface area (Å²) in [5.41, 5.74) is 5.89. The van der Waals surface area contributed by atoms with Crippen molar-refractivity contribution >= 4 is 12.4 Å². The third-order valence-corrected chi connectivity index (χ3v) is 3.45. The minimum Gasteiger partial charge on any atom is -0.328 e. The molecule has 1 aromatic heterocycles. The summed E-state index contributed by atoms with van der Waals surface area (Å²) in [6.07, 6.45) is 4.63. The predicted molar refractivity (Wildman–Crippen MR) is 65.8 cm³/mol. The molecule has 0 bridgehead atoms. The number of tetrazole rings is 1. The van der Waals surface area contributed by atoms with Crippen LogP contribution in [0.1, 0.15) is 37.5 Å². The van der Waals surface area contributed by atoms with Crippen molar-refractivity contribution in [2.75, 3.05) is 13.1 Å². The van der Waals surface area contributed by atoms with E-state index in [4.69, 9.17) is 5.73 Å². The second kappa shape index (κ2) is 5.29. The van der Waals surface area contributed by atoms with E-state index in [1.165, 1.54) is 12.8 Å². The molecule has 0 aromatic carbocycles. The smallest absolute Gasteiger partial charge is 0.165 e. The van der Waals surface area contributed by atoms with Gasteiger partial charge in [-0.25, -0.2) is 4.68 Å². The lowest BCUT2D eigenvalue weighted by Crippen LogP contribution is -2.39. The SMILES string of the molecule is Cl.NC1CCN(Cc2nnnn2C2CC2)CC1. The van der Waals surface area contributed by atoms with Crippen LogP contribution in [0.5, 0.6) is 0 Å². The highest BCUT2D eigenvalue weighted by Gasteiger charge is 2.28. The normalized spacial score (nSPS) is 22.4. The number of halogens is 1. The van der Waals surface area contributed by atoms with E-state index in [1.807, 2.05) is 4.68 Å². The maximum absolute atomic E-state index is 5.89. The predicted octanol–water partition coefficient (Wildman–Crippen LogP) is 0.353. The molecule has 1 aliphatic heterocycles. The number of hydrogen-bond donors (Lipinski definition) is 1. The largest absolute Gasteiger partial charge is 0.328 e. The number of piperidine rings is 1. The number of nitrogens with two attached hydrogens (primary N) is 1. The molecule has 3 rings (SSSR count). The minimum absolute atomic E-state index is 0. The number of hydrogen-bond acceptors (Lipinski definition) is 5. The van der Waals surface area contributed by atoms with Gasteiger partial charge in [-0.2, -0.15) is 0 Å². The first-order chi connectivity index (χ1) is 7.83. The lowest BCUT2D eigenvalue weighted by Gasteiger charge is -2.29. The van der Waals surface area contributed by atoms with Gasteiger partial charge in [0.1, 0.15) is 0 Å². The van der Waals surface area contributed by atoms with Crippen LogP contribution in [-0.2, 0) is 6.54 Å². The van der Waals surface area contributed by atoms with Crippen molar-refractivity contribution in [3.63, 3.8) is 0 Å². The lowest BCUT2D eigenvalue weighted by atomic mass is 10.1. The zero-order valence-electron chi connectivity index (χ0n) is 9.83. The summed E-state index contributed by atoms with van der Waals surface area (Å²) in [7, 11) is 0. The Kier molecular flexibility index (Phi) is 3.96. The molecular weight excluding hydrogens is 240 g/mol. The maximum atomic E-state index is 5.89. The summed E-state index contributed by atoms with van der Waals surface area (Å²) in [6.45, 7) is 3.01. The van der Waals surface area contributed by atoms with E-state index in [0.29, 0.717) is 12.1 Å². The molecule has 1 aliphatic carbocycles. The van der Waals surface area contributed by atoms with Gasteiger partial charge in [0.25, 0.3) is 0 Å². The van der Waals surface area contributed by atoms with E-state index in [1.54, 1.807) is 0 Å². The van der Waals surface area contributed by atoms with Gasteiger partial charge in [0.15, 0.2) is 5.82 Å². The van der Waals surface area contributed by atoms with Gasteiger partial charge >= 0.3 is 0 Å². The molecule has 0 spiro atoms. The first-order valence-corrected chi connectivity index (χ1v) is 6.07. The maximum Gasteiger partial charge on any atom is 0.165 e. The molecule has 96 valence electrons. The Balaban J connectivity index is 0.00000108. The summed E-state index contributed by atoms with van der Waals surface area (Å²) in [4.78, 5) is 2.40. The van der Waals surface area contributed by atoms with Crippen LogP contribution in [-0.4, -0.2) is 44.2 Å². The third-order valence-electron chi connectivity index (χ3n) is 3.45. The standard InChI is InChI=1S/C10H18N6.ClH/c11-8-3-5-15(6-4-8)7-10-12-13-14-16(10)9-1-2-9;/h8-9H,1-7,11H2;1H. The van der Waals surface area contributed by atoms with Crippen LogP contribution in [0.3, 0.4) is 0 Å². The highest BCUT2D eigenvalue weighted by molar-refractivity contribution is 5.85. The number of aromatic nitrogens is 4. The Bertz CT molecular complexity index is 355. The molecule has 2 fully saturated rings. The van der Waals surface area contributed by atoms with Crippen LogP contribution >= 0.6 is 12.4 Å². The van der Waals surface area contributed by atoms with E-state index >= 15 is 0 Å². The van der Waals surface area contributed by atoms with Crippen molar-refractivity contribution < 1.29 is 0 Å². The molecular formula is C10H19ClN6. The molecule has 0 radical (unpaired) electrons. The number of nitrogens with zero attached hydrogens (tertiary/aromatic N) is 5. The molecule has 0 unspecified atom stereocenters. The van der Waals surface area contributed by atoms with Crippen LogP contribution in [0.2, 0.25) is 0 Å². The summed E-state index contributed by atoms with van der Waals surface area (Å²) < 4.78 is 1.99. The van der Waals surface area contributed by atoms with Crippen molar-refractivity contribution in [3.8, 4) is 0 Å². The second-order valence-corrected chi connectivity index (χ2v) is 4.88. The Morgan fingerprint density at radius 1 is 1.18 bits per heavy atom. The van der Waals surface area contributed by atoms with E-state index in [9.17, 15) is 0 Å². The van der Waals surface area contributed by atoms with Crippen molar-refractivity contribution in [1.29, 1.82) is 0 Å².